The molecule has 0 bridgehead atoms. The van der Waals surface area contributed by atoms with Crippen molar-refractivity contribution in [1.82, 2.24) is 0 Å². The van der Waals surface area contributed by atoms with Gasteiger partial charge in [-0.1, -0.05) is 13.0 Å². The number of rotatable bonds is 4. The Hall–Kier alpha value is -0.790. The lowest BCUT2D eigenvalue weighted by Crippen LogP contribution is -2.13. The molecule has 0 amide bonds. The van der Waals surface area contributed by atoms with Crippen LogP contribution in [-0.2, 0) is 9.53 Å². The van der Waals surface area contributed by atoms with Crippen molar-refractivity contribution >= 4 is 5.97 Å². The minimum atomic E-state index is -0.214. The fraction of sp³-hybridized carbons (Fsp3) is 0.625. The quantitative estimate of drug-likeness (QED) is 0.442. The number of hydrogen-bond donors (Lipinski definition) is 0. The van der Waals surface area contributed by atoms with E-state index in [-0.39, 0.29) is 12.1 Å². The summed E-state index contributed by atoms with van der Waals surface area (Å²) in [5.41, 5.74) is 0. The van der Waals surface area contributed by atoms with E-state index in [1.165, 1.54) is 6.92 Å². The molecule has 0 unspecified atom stereocenters. The molecule has 0 rings (SSSR count). The van der Waals surface area contributed by atoms with Crippen LogP contribution < -0.4 is 0 Å². The summed E-state index contributed by atoms with van der Waals surface area (Å²) in [5, 5.41) is 0. The summed E-state index contributed by atoms with van der Waals surface area (Å²) < 4.78 is 4.93. The molecule has 0 heterocycles. The first-order valence-electron chi connectivity index (χ1n) is 3.48. The Kier molecular flexibility index (Phi) is 4.63. The van der Waals surface area contributed by atoms with Crippen LogP contribution in [0.15, 0.2) is 12.7 Å². The van der Waals surface area contributed by atoms with Crippen molar-refractivity contribution < 1.29 is 9.53 Å². The molecule has 1 atom stereocenters. The normalized spacial score (nSPS) is 12.2. The summed E-state index contributed by atoms with van der Waals surface area (Å²) >= 11 is 0. The molecule has 0 aromatic rings. The number of carbonyl (C=O) groups excluding carboxylic acids is 1. The standard InChI is InChI=1S/C8H14O2/c1-4-6-8(5-2)10-7(3)9/h4,8H,1,5-6H2,2-3H3/t8-/m1/s1. The largest absolute Gasteiger partial charge is 0.462 e. The molecule has 0 aromatic carbocycles. The van der Waals surface area contributed by atoms with Crippen molar-refractivity contribution in [3.63, 3.8) is 0 Å². The summed E-state index contributed by atoms with van der Waals surface area (Å²) in [5.74, 6) is -0.214. The molecular formula is C8H14O2. The van der Waals surface area contributed by atoms with Gasteiger partial charge in [0.15, 0.2) is 0 Å². The molecule has 0 aliphatic rings. The van der Waals surface area contributed by atoms with Crippen LogP contribution in [0.4, 0.5) is 0 Å². The highest BCUT2D eigenvalue weighted by Gasteiger charge is 2.05. The van der Waals surface area contributed by atoms with Gasteiger partial charge in [0.1, 0.15) is 6.10 Å². The number of hydrogen-bond acceptors (Lipinski definition) is 2. The molecule has 2 heteroatoms. The van der Waals surface area contributed by atoms with Crippen LogP contribution in [0.3, 0.4) is 0 Å². The van der Waals surface area contributed by atoms with Gasteiger partial charge in [0.05, 0.1) is 0 Å². The summed E-state index contributed by atoms with van der Waals surface area (Å²) in [6.45, 7) is 6.97. The highest BCUT2D eigenvalue weighted by Crippen LogP contribution is 2.03. The Balaban J connectivity index is 3.59. The zero-order valence-electron chi connectivity index (χ0n) is 6.59. The molecule has 0 fully saturated rings. The zero-order valence-corrected chi connectivity index (χ0v) is 6.59. The predicted octanol–water partition coefficient (Wildman–Crippen LogP) is 1.90. The van der Waals surface area contributed by atoms with Crippen LogP contribution in [0.5, 0.6) is 0 Å². The molecule has 58 valence electrons. The van der Waals surface area contributed by atoms with E-state index in [0.717, 1.165) is 12.8 Å². The Bertz CT molecular complexity index is 118. The van der Waals surface area contributed by atoms with Crippen LogP contribution in [0, 0.1) is 0 Å². The minimum absolute atomic E-state index is 0.0231. The summed E-state index contributed by atoms with van der Waals surface area (Å²) in [4.78, 5) is 10.4. The van der Waals surface area contributed by atoms with Gasteiger partial charge in [0.2, 0.25) is 0 Å². The molecule has 0 aliphatic carbocycles. The van der Waals surface area contributed by atoms with Gasteiger partial charge >= 0.3 is 5.97 Å². The topological polar surface area (TPSA) is 26.3 Å². The van der Waals surface area contributed by atoms with E-state index in [9.17, 15) is 4.79 Å². The van der Waals surface area contributed by atoms with Gasteiger partial charge in [-0.2, -0.15) is 0 Å². The molecule has 0 N–H and O–H groups in total. The molecule has 10 heavy (non-hydrogen) atoms. The van der Waals surface area contributed by atoms with E-state index in [0.29, 0.717) is 0 Å². The Morgan fingerprint density at radius 3 is 2.70 bits per heavy atom. The first-order valence-corrected chi connectivity index (χ1v) is 3.48. The Morgan fingerprint density at radius 1 is 1.80 bits per heavy atom. The third-order valence-corrected chi connectivity index (χ3v) is 1.22. The van der Waals surface area contributed by atoms with Gasteiger partial charge in [-0.05, 0) is 6.42 Å². The summed E-state index contributed by atoms with van der Waals surface area (Å²) in [6, 6.07) is 0. The van der Waals surface area contributed by atoms with Gasteiger partial charge < -0.3 is 4.74 Å². The van der Waals surface area contributed by atoms with E-state index >= 15 is 0 Å². The van der Waals surface area contributed by atoms with Gasteiger partial charge in [0, 0.05) is 13.3 Å². The lowest BCUT2D eigenvalue weighted by atomic mass is 10.2. The van der Waals surface area contributed by atoms with Crippen molar-refractivity contribution in [1.29, 1.82) is 0 Å². The second-order valence-electron chi connectivity index (χ2n) is 2.16. The third kappa shape index (κ3) is 4.13. The van der Waals surface area contributed by atoms with Crippen molar-refractivity contribution in [2.45, 2.75) is 32.8 Å². The van der Waals surface area contributed by atoms with E-state index in [2.05, 4.69) is 6.58 Å². The van der Waals surface area contributed by atoms with Gasteiger partial charge in [-0.3, -0.25) is 4.79 Å². The molecule has 2 nitrogen and oxygen atoms in total. The fourth-order valence-corrected chi connectivity index (χ4v) is 0.719. The number of esters is 1. The maximum absolute atomic E-state index is 10.4. The average Bonchev–Trinajstić information content (AvgIpc) is 1.86. The van der Waals surface area contributed by atoms with Crippen LogP contribution >= 0.6 is 0 Å². The Morgan fingerprint density at radius 2 is 2.40 bits per heavy atom. The van der Waals surface area contributed by atoms with E-state index < -0.39 is 0 Å². The highest BCUT2D eigenvalue weighted by molar-refractivity contribution is 5.66. The predicted molar refractivity (Wildman–Crippen MR) is 40.7 cm³/mol. The smallest absolute Gasteiger partial charge is 0.302 e. The van der Waals surface area contributed by atoms with Crippen molar-refractivity contribution in [3.8, 4) is 0 Å². The minimum Gasteiger partial charge on any atom is -0.462 e. The van der Waals surface area contributed by atoms with Gasteiger partial charge in [-0.25, -0.2) is 0 Å². The third-order valence-electron chi connectivity index (χ3n) is 1.22. The monoisotopic (exact) mass is 142 g/mol. The summed E-state index contributed by atoms with van der Waals surface area (Å²) in [6.07, 6.45) is 3.38. The zero-order chi connectivity index (χ0) is 7.98. The highest BCUT2D eigenvalue weighted by atomic mass is 16.5. The van der Waals surface area contributed by atoms with E-state index in [1.54, 1.807) is 6.08 Å². The number of carbonyl (C=O) groups is 1. The SMILES string of the molecule is C=CC[C@@H](CC)OC(C)=O. The van der Waals surface area contributed by atoms with Gasteiger partial charge in [0.25, 0.3) is 0 Å². The fourth-order valence-electron chi connectivity index (χ4n) is 0.719. The van der Waals surface area contributed by atoms with Crippen LogP contribution in [0.25, 0.3) is 0 Å². The molecule has 0 spiro atoms. The van der Waals surface area contributed by atoms with Crippen LogP contribution in [0.2, 0.25) is 0 Å². The van der Waals surface area contributed by atoms with E-state index in [1.807, 2.05) is 6.92 Å². The van der Waals surface area contributed by atoms with Crippen LogP contribution in [-0.4, -0.2) is 12.1 Å². The van der Waals surface area contributed by atoms with Crippen molar-refractivity contribution in [2.75, 3.05) is 0 Å². The first kappa shape index (κ1) is 9.21. The molecule has 0 radical (unpaired) electrons. The second kappa shape index (κ2) is 5.03. The molecule has 0 saturated carbocycles. The maximum atomic E-state index is 10.4. The van der Waals surface area contributed by atoms with Crippen LogP contribution in [0.1, 0.15) is 26.7 Å². The van der Waals surface area contributed by atoms with Gasteiger partial charge in [-0.15, -0.1) is 6.58 Å². The average molecular weight is 142 g/mol. The number of ether oxygens (including phenoxy) is 1. The second-order valence-corrected chi connectivity index (χ2v) is 2.16. The lowest BCUT2D eigenvalue weighted by Gasteiger charge is -2.11. The molecule has 0 aliphatic heterocycles. The molecular weight excluding hydrogens is 128 g/mol. The van der Waals surface area contributed by atoms with E-state index in [4.69, 9.17) is 4.74 Å². The lowest BCUT2D eigenvalue weighted by molar-refractivity contribution is -0.146. The van der Waals surface area contributed by atoms with Crippen molar-refractivity contribution in [2.24, 2.45) is 0 Å². The Labute approximate surface area is 61.9 Å². The molecule has 0 saturated heterocycles. The van der Waals surface area contributed by atoms with Crippen molar-refractivity contribution in [3.05, 3.63) is 12.7 Å². The summed E-state index contributed by atoms with van der Waals surface area (Å²) in [7, 11) is 0. The molecule has 0 aromatic heterocycles. The first-order chi connectivity index (χ1) is 4.70. The maximum Gasteiger partial charge on any atom is 0.302 e.